The van der Waals surface area contributed by atoms with E-state index in [1.165, 1.54) is 0 Å². The normalized spacial score (nSPS) is 21.4. The van der Waals surface area contributed by atoms with E-state index in [4.69, 9.17) is 0 Å². The van der Waals surface area contributed by atoms with E-state index in [9.17, 15) is 9.90 Å². The van der Waals surface area contributed by atoms with Crippen LogP contribution in [0.5, 0.6) is 0 Å². The Labute approximate surface area is 86.0 Å². The van der Waals surface area contributed by atoms with Gasteiger partial charge >= 0.3 is 5.97 Å². The third-order valence-electron chi connectivity index (χ3n) is 3.18. The summed E-state index contributed by atoms with van der Waals surface area (Å²) in [5.41, 5.74) is -0.0455. The van der Waals surface area contributed by atoms with Gasteiger partial charge in [-0.2, -0.15) is 0 Å². The van der Waals surface area contributed by atoms with Crippen LogP contribution in [0.15, 0.2) is 12.2 Å². The summed E-state index contributed by atoms with van der Waals surface area (Å²) in [6, 6.07) is 0. The number of hydrogen-bond acceptors (Lipinski definition) is 1. The molecule has 0 saturated carbocycles. The fraction of sp³-hybridized carbons (Fsp3) is 0.750. The van der Waals surface area contributed by atoms with Gasteiger partial charge in [-0.15, -0.1) is 0 Å². The van der Waals surface area contributed by atoms with Crippen LogP contribution in [0.4, 0.5) is 0 Å². The highest BCUT2D eigenvalue weighted by molar-refractivity contribution is 5.71. The molecule has 0 aromatic carbocycles. The Balaban J connectivity index is 2.72. The van der Waals surface area contributed by atoms with Crippen molar-refractivity contribution in [3.05, 3.63) is 12.2 Å². The Morgan fingerprint density at radius 3 is 2.29 bits per heavy atom. The molecule has 0 saturated heterocycles. The average molecular weight is 196 g/mol. The van der Waals surface area contributed by atoms with Crippen LogP contribution in [0.25, 0.3) is 0 Å². The van der Waals surface area contributed by atoms with Crippen LogP contribution in [-0.4, -0.2) is 11.1 Å². The molecule has 0 aromatic heterocycles. The Hall–Kier alpha value is -0.790. The van der Waals surface area contributed by atoms with Crippen molar-refractivity contribution in [2.75, 3.05) is 0 Å². The number of carboxylic acid groups (broad SMARTS) is 1. The quantitative estimate of drug-likeness (QED) is 0.701. The molecule has 1 unspecified atom stereocenters. The summed E-state index contributed by atoms with van der Waals surface area (Å²) in [5, 5.41) is 9.22. The molecule has 0 aromatic rings. The zero-order chi connectivity index (χ0) is 10.8. The third kappa shape index (κ3) is 2.37. The van der Waals surface area contributed by atoms with Crippen molar-refractivity contribution < 1.29 is 9.90 Å². The number of rotatable bonds is 4. The van der Waals surface area contributed by atoms with Gasteiger partial charge in [-0.05, 0) is 30.6 Å². The zero-order valence-electron chi connectivity index (χ0n) is 9.29. The Morgan fingerprint density at radius 2 is 1.93 bits per heavy atom. The first-order valence-corrected chi connectivity index (χ1v) is 5.33. The minimum atomic E-state index is -0.634. The second-order valence-electron chi connectivity index (χ2n) is 5.05. The van der Waals surface area contributed by atoms with Gasteiger partial charge in [0.25, 0.3) is 0 Å². The average Bonchev–Trinajstić information content (AvgIpc) is 2.48. The second-order valence-corrected chi connectivity index (χ2v) is 5.05. The molecule has 1 rings (SSSR count). The smallest absolute Gasteiger partial charge is 0.307 e. The van der Waals surface area contributed by atoms with Crippen LogP contribution in [-0.2, 0) is 4.79 Å². The molecule has 0 heterocycles. The largest absolute Gasteiger partial charge is 0.481 e. The minimum absolute atomic E-state index is 0.0455. The highest BCUT2D eigenvalue weighted by atomic mass is 16.4. The van der Waals surface area contributed by atoms with E-state index in [1.54, 1.807) is 0 Å². The molecular weight excluding hydrogens is 176 g/mol. The van der Waals surface area contributed by atoms with Crippen LogP contribution in [0, 0.1) is 17.3 Å². The first kappa shape index (κ1) is 11.3. The van der Waals surface area contributed by atoms with E-state index < -0.39 is 5.97 Å². The van der Waals surface area contributed by atoms with Crippen LogP contribution in [0.3, 0.4) is 0 Å². The maximum Gasteiger partial charge on any atom is 0.307 e. The number of carboxylic acids is 1. The van der Waals surface area contributed by atoms with Gasteiger partial charge < -0.3 is 5.11 Å². The van der Waals surface area contributed by atoms with Gasteiger partial charge in [0.15, 0.2) is 0 Å². The summed E-state index contributed by atoms with van der Waals surface area (Å²) in [6.45, 7) is 6.26. The van der Waals surface area contributed by atoms with Crippen molar-refractivity contribution in [1.82, 2.24) is 0 Å². The van der Waals surface area contributed by atoms with Gasteiger partial charge in [0, 0.05) is 0 Å². The van der Waals surface area contributed by atoms with Crippen molar-refractivity contribution in [1.29, 1.82) is 0 Å². The molecule has 0 amide bonds. The third-order valence-corrected chi connectivity index (χ3v) is 3.18. The Kier molecular flexibility index (Phi) is 3.35. The highest BCUT2D eigenvalue weighted by Crippen LogP contribution is 2.42. The first-order chi connectivity index (χ1) is 6.46. The molecular formula is C12H20O2. The predicted molar refractivity (Wildman–Crippen MR) is 57.1 cm³/mol. The molecule has 0 bridgehead atoms. The summed E-state index contributed by atoms with van der Waals surface area (Å²) in [7, 11) is 0. The van der Waals surface area contributed by atoms with Gasteiger partial charge in [-0.1, -0.05) is 32.9 Å². The molecule has 2 nitrogen and oxygen atoms in total. The number of carbonyl (C=O) groups is 1. The summed E-state index contributed by atoms with van der Waals surface area (Å²) < 4.78 is 0. The number of hydrogen-bond donors (Lipinski definition) is 1. The Morgan fingerprint density at radius 1 is 1.43 bits per heavy atom. The zero-order valence-corrected chi connectivity index (χ0v) is 9.29. The lowest BCUT2D eigenvalue weighted by Gasteiger charge is -2.32. The lowest BCUT2D eigenvalue weighted by molar-refractivity contribution is -0.146. The van der Waals surface area contributed by atoms with E-state index in [1.807, 2.05) is 0 Å². The van der Waals surface area contributed by atoms with Gasteiger partial charge in [0.2, 0.25) is 0 Å². The molecule has 1 aliphatic carbocycles. The monoisotopic (exact) mass is 196 g/mol. The van der Waals surface area contributed by atoms with Crippen LogP contribution in [0.2, 0.25) is 0 Å². The lowest BCUT2D eigenvalue weighted by Crippen LogP contribution is -2.32. The minimum Gasteiger partial charge on any atom is -0.481 e. The Bertz CT molecular complexity index is 233. The molecule has 0 fully saturated rings. The molecule has 1 aliphatic rings. The SMILES string of the molecule is CC(C)CC(C(=O)O)C1(C)CC=CC1. The van der Waals surface area contributed by atoms with Crippen LogP contribution in [0.1, 0.15) is 40.0 Å². The van der Waals surface area contributed by atoms with E-state index in [2.05, 4.69) is 32.9 Å². The van der Waals surface area contributed by atoms with Gasteiger partial charge in [0.1, 0.15) is 0 Å². The highest BCUT2D eigenvalue weighted by Gasteiger charge is 2.39. The van der Waals surface area contributed by atoms with Crippen molar-refractivity contribution in [3.63, 3.8) is 0 Å². The molecule has 0 spiro atoms. The number of aliphatic carboxylic acids is 1. The van der Waals surface area contributed by atoms with E-state index in [-0.39, 0.29) is 11.3 Å². The topological polar surface area (TPSA) is 37.3 Å². The first-order valence-electron chi connectivity index (χ1n) is 5.33. The number of allylic oxidation sites excluding steroid dienone is 2. The van der Waals surface area contributed by atoms with E-state index in [0.717, 1.165) is 19.3 Å². The van der Waals surface area contributed by atoms with Crippen molar-refractivity contribution in [2.24, 2.45) is 17.3 Å². The maximum atomic E-state index is 11.2. The fourth-order valence-corrected chi connectivity index (χ4v) is 2.23. The van der Waals surface area contributed by atoms with Gasteiger partial charge in [-0.25, -0.2) is 0 Å². The molecule has 14 heavy (non-hydrogen) atoms. The summed E-state index contributed by atoms with van der Waals surface area (Å²) in [5.74, 6) is -0.379. The van der Waals surface area contributed by atoms with E-state index in [0.29, 0.717) is 5.92 Å². The summed E-state index contributed by atoms with van der Waals surface area (Å²) in [4.78, 5) is 11.2. The second kappa shape index (κ2) is 4.16. The standard InChI is InChI=1S/C12H20O2/c1-9(2)8-10(11(13)14)12(3)6-4-5-7-12/h4-5,9-10H,6-8H2,1-3H3,(H,13,14). The van der Waals surface area contributed by atoms with Crippen molar-refractivity contribution in [3.8, 4) is 0 Å². The maximum absolute atomic E-state index is 11.2. The van der Waals surface area contributed by atoms with E-state index >= 15 is 0 Å². The van der Waals surface area contributed by atoms with Gasteiger partial charge in [0.05, 0.1) is 5.92 Å². The van der Waals surface area contributed by atoms with Crippen LogP contribution >= 0.6 is 0 Å². The molecule has 0 aliphatic heterocycles. The van der Waals surface area contributed by atoms with Crippen molar-refractivity contribution >= 4 is 5.97 Å². The molecule has 0 radical (unpaired) electrons. The molecule has 1 atom stereocenters. The fourth-order valence-electron chi connectivity index (χ4n) is 2.23. The molecule has 1 N–H and O–H groups in total. The summed E-state index contributed by atoms with van der Waals surface area (Å²) in [6.07, 6.45) is 6.83. The van der Waals surface area contributed by atoms with Crippen LogP contribution < -0.4 is 0 Å². The molecule has 2 heteroatoms. The lowest BCUT2D eigenvalue weighted by atomic mass is 9.72. The predicted octanol–water partition coefficient (Wildman–Crippen LogP) is 3.09. The van der Waals surface area contributed by atoms with Crippen molar-refractivity contribution in [2.45, 2.75) is 40.0 Å². The summed E-state index contributed by atoms with van der Waals surface area (Å²) >= 11 is 0. The molecule has 80 valence electrons. The van der Waals surface area contributed by atoms with Gasteiger partial charge in [-0.3, -0.25) is 4.79 Å².